The van der Waals surface area contributed by atoms with Crippen molar-refractivity contribution in [1.29, 1.82) is 0 Å². The number of aliphatic hydroxyl groups excluding tert-OH is 1. The summed E-state index contributed by atoms with van der Waals surface area (Å²) in [6.07, 6.45) is 2.74. The molecule has 2 amide bonds. The zero-order valence-electron chi connectivity index (χ0n) is 10.2. The summed E-state index contributed by atoms with van der Waals surface area (Å²) in [6, 6.07) is 0. The van der Waals surface area contributed by atoms with Gasteiger partial charge in [0.1, 0.15) is 6.23 Å². The molecule has 1 rings (SSSR count). The van der Waals surface area contributed by atoms with Crippen molar-refractivity contribution in [2.75, 3.05) is 20.0 Å². The Balaban J connectivity index is 2.87. The zero-order valence-corrected chi connectivity index (χ0v) is 10.2. The van der Waals surface area contributed by atoms with Gasteiger partial charge in [-0.3, -0.25) is 9.59 Å². The van der Waals surface area contributed by atoms with Crippen molar-refractivity contribution >= 4 is 11.8 Å². The van der Waals surface area contributed by atoms with Crippen LogP contribution in [-0.4, -0.2) is 57.9 Å². The van der Waals surface area contributed by atoms with Gasteiger partial charge in [-0.1, -0.05) is 19.7 Å². The molecule has 0 aromatic rings. The van der Waals surface area contributed by atoms with E-state index in [1.54, 1.807) is 0 Å². The standard InChI is InChI=1S/C12H17N3O3/c1-4-10(16)13-7-14(11(17)5-2)9-15(8-13)12(18)6-3/h4-6,10,16H,1-3,7-9H2. The smallest absolute Gasteiger partial charge is 0.248 e. The van der Waals surface area contributed by atoms with Crippen LogP contribution in [0.2, 0.25) is 0 Å². The molecule has 1 aliphatic rings. The van der Waals surface area contributed by atoms with Crippen molar-refractivity contribution in [1.82, 2.24) is 14.7 Å². The molecule has 1 heterocycles. The Kier molecular flexibility index (Phi) is 4.82. The third-order valence-corrected chi connectivity index (χ3v) is 2.60. The first-order valence-electron chi connectivity index (χ1n) is 5.40. The third kappa shape index (κ3) is 3.06. The number of rotatable bonds is 4. The lowest BCUT2D eigenvalue weighted by Gasteiger charge is -2.42. The third-order valence-electron chi connectivity index (χ3n) is 2.60. The second-order valence-corrected chi connectivity index (χ2v) is 3.83. The van der Waals surface area contributed by atoms with Gasteiger partial charge in [0.05, 0.1) is 20.0 Å². The van der Waals surface area contributed by atoms with Crippen LogP contribution in [0.15, 0.2) is 38.0 Å². The van der Waals surface area contributed by atoms with E-state index in [0.717, 1.165) is 0 Å². The number of hydrogen-bond acceptors (Lipinski definition) is 4. The first-order chi connectivity index (χ1) is 8.53. The van der Waals surface area contributed by atoms with E-state index >= 15 is 0 Å². The quantitative estimate of drug-likeness (QED) is 0.551. The van der Waals surface area contributed by atoms with Crippen LogP contribution in [-0.2, 0) is 9.59 Å². The van der Waals surface area contributed by atoms with E-state index < -0.39 is 6.23 Å². The summed E-state index contributed by atoms with van der Waals surface area (Å²) in [7, 11) is 0. The Labute approximate surface area is 106 Å². The molecule has 0 spiro atoms. The molecule has 1 aliphatic heterocycles. The van der Waals surface area contributed by atoms with Crippen molar-refractivity contribution in [3.05, 3.63) is 38.0 Å². The molecule has 0 saturated carbocycles. The van der Waals surface area contributed by atoms with Crippen LogP contribution in [0.5, 0.6) is 0 Å². The Morgan fingerprint density at radius 1 is 1.00 bits per heavy atom. The zero-order chi connectivity index (χ0) is 13.7. The highest BCUT2D eigenvalue weighted by molar-refractivity contribution is 5.89. The highest BCUT2D eigenvalue weighted by Gasteiger charge is 2.29. The fraction of sp³-hybridized carbons (Fsp3) is 0.333. The highest BCUT2D eigenvalue weighted by atomic mass is 16.3. The van der Waals surface area contributed by atoms with Gasteiger partial charge < -0.3 is 14.9 Å². The molecule has 18 heavy (non-hydrogen) atoms. The summed E-state index contributed by atoms with van der Waals surface area (Å²) in [4.78, 5) is 27.5. The molecular formula is C12H17N3O3. The van der Waals surface area contributed by atoms with E-state index in [9.17, 15) is 14.7 Å². The maximum atomic E-state index is 11.6. The average Bonchev–Trinajstić information content (AvgIpc) is 2.43. The molecule has 0 aliphatic carbocycles. The molecule has 1 saturated heterocycles. The summed E-state index contributed by atoms with van der Waals surface area (Å²) >= 11 is 0. The first kappa shape index (κ1) is 14.1. The van der Waals surface area contributed by atoms with Gasteiger partial charge in [-0.2, -0.15) is 0 Å². The monoisotopic (exact) mass is 251 g/mol. The molecule has 1 unspecified atom stereocenters. The minimum Gasteiger partial charge on any atom is -0.375 e. The molecule has 0 radical (unpaired) electrons. The van der Waals surface area contributed by atoms with E-state index in [1.807, 2.05) is 0 Å². The first-order valence-corrected chi connectivity index (χ1v) is 5.40. The van der Waals surface area contributed by atoms with Gasteiger partial charge in [-0.25, -0.2) is 4.90 Å². The van der Waals surface area contributed by atoms with Crippen LogP contribution in [0.1, 0.15) is 0 Å². The molecule has 6 nitrogen and oxygen atoms in total. The van der Waals surface area contributed by atoms with Crippen LogP contribution in [0.3, 0.4) is 0 Å². The molecule has 98 valence electrons. The Morgan fingerprint density at radius 3 is 1.78 bits per heavy atom. The van der Waals surface area contributed by atoms with Gasteiger partial charge in [0, 0.05) is 0 Å². The summed E-state index contributed by atoms with van der Waals surface area (Å²) in [5, 5.41) is 9.71. The van der Waals surface area contributed by atoms with E-state index in [1.165, 1.54) is 32.9 Å². The fourth-order valence-corrected chi connectivity index (χ4v) is 1.63. The molecule has 0 bridgehead atoms. The topological polar surface area (TPSA) is 64.1 Å². The lowest BCUT2D eigenvalue weighted by atomic mass is 10.4. The van der Waals surface area contributed by atoms with E-state index in [-0.39, 0.29) is 31.8 Å². The molecule has 1 fully saturated rings. The Bertz CT molecular complexity index is 353. The number of hydrogen-bond donors (Lipinski definition) is 1. The van der Waals surface area contributed by atoms with Crippen LogP contribution in [0.25, 0.3) is 0 Å². The van der Waals surface area contributed by atoms with Crippen LogP contribution >= 0.6 is 0 Å². The molecule has 0 aromatic carbocycles. The van der Waals surface area contributed by atoms with Gasteiger partial charge in [-0.15, -0.1) is 0 Å². The Hall–Kier alpha value is -1.92. The molecule has 0 aromatic heterocycles. The van der Waals surface area contributed by atoms with Gasteiger partial charge in [0.25, 0.3) is 0 Å². The van der Waals surface area contributed by atoms with Crippen LogP contribution < -0.4 is 0 Å². The summed E-state index contributed by atoms with van der Waals surface area (Å²) in [5.41, 5.74) is 0. The number of carbonyl (C=O) groups is 2. The highest BCUT2D eigenvalue weighted by Crippen LogP contribution is 2.11. The molecule has 1 atom stereocenters. The predicted molar refractivity (Wildman–Crippen MR) is 66.7 cm³/mol. The van der Waals surface area contributed by atoms with Crippen molar-refractivity contribution in [2.45, 2.75) is 6.23 Å². The Morgan fingerprint density at radius 2 is 1.44 bits per heavy atom. The summed E-state index contributed by atoms with van der Waals surface area (Å²) < 4.78 is 0. The minimum absolute atomic E-state index is 0.149. The second kappa shape index (κ2) is 6.13. The van der Waals surface area contributed by atoms with Crippen molar-refractivity contribution in [3.8, 4) is 0 Å². The summed E-state index contributed by atoms with van der Waals surface area (Å²) in [5.74, 6) is -0.615. The lowest BCUT2D eigenvalue weighted by molar-refractivity contribution is -0.153. The number of nitrogens with zero attached hydrogens (tertiary/aromatic N) is 3. The second-order valence-electron chi connectivity index (χ2n) is 3.83. The minimum atomic E-state index is -0.925. The predicted octanol–water partition coefficient (Wildman–Crippen LogP) is -0.292. The van der Waals surface area contributed by atoms with Gasteiger partial charge >= 0.3 is 0 Å². The maximum Gasteiger partial charge on any atom is 0.248 e. The number of carbonyl (C=O) groups excluding carboxylic acids is 2. The average molecular weight is 251 g/mol. The SMILES string of the molecule is C=CC(=O)N1CN(C(=O)C=C)CN(C(O)C=C)C1. The number of aliphatic hydroxyl groups is 1. The van der Waals surface area contributed by atoms with Gasteiger partial charge in [0.2, 0.25) is 11.8 Å². The van der Waals surface area contributed by atoms with Gasteiger partial charge in [-0.05, 0) is 18.2 Å². The lowest BCUT2D eigenvalue weighted by Crippen LogP contribution is -2.59. The van der Waals surface area contributed by atoms with Crippen LogP contribution in [0.4, 0.5) is 0 Å². The van der Waals surface area contributed by atoms with E-state index in [0.29, 0.717) is 0 Å². The largest absolute Gasteiger partial charge is 0.375 e. The molecular weight excluding hydrogens is 234 g/mol. The number of amides is 2. The van der Waals surface area contributed by atoms with Crippen LogP contribution in [0, 0.1) is 0 Å². The van der Waals surface area contributed by atoms with Crippen molar-refractivity contribution in [3.63, 3.8) is 0 Å². The maximum absolute atomic E-state index is 11.6. The van der Waals surface area contributed by atoms with Crippen molar-refractivity contribution < 1.29 is 14.7 Å². The van der Waals surface area contributed by atoms with Crippen molar-refractivity contribution in [2.24, 2.45) is 0 Å². The fourth-order valence-electron chi connectivity index (χ4n) is 1.63. The molecule has 6 heteroatoms. The molecule has 1 N–H and O–H groups in total. The van der Waals surface area contributed by atoms with E-state index in [2.05, 4.69) is 19.7 Å². The normalized spacial score (nSPS) is 18.1. The summed E-state index contributed by atoms with van der Waals surface area (Å²) in [6.45, 7) is 10.8. The van der Waals surface area contributed by atoms with E-state index in [4.69, 9.17) is 0 Å². The van der Waals surface area contributed by atoms with Gasteiger partial charge in [0.15, 0.2) is 0 Å².